The number of nitrogens with zero attached hydrogens (tertiary/aromatic N) is 5. The average Bonchev–Trinajstić information content (AvgIpc) is 3.10. The van der Waals surface area contributed by atoms with Gasteiger partial charge in [0, 0.05) is 75.7 Å². The molecule has 4 heterocycles. The molecule has 12 nitrogen and oxygen atoms in total. The first-order chi connectivity index (χ1) is 24.3. The highest BCUT2D eigenvalue weighted by molar-refractivity contribution is 6.45. The van der Waals surface area contributed by atoms with E-state index in [2.05, 4.69) is 30.1 Å². The number of carbonyl (C=O) groups excluding carboxylic acids is 2. The maximum Gasteiger partial charge on any atom is 0.458 e. The van der Waals surface area contributed by atoms with Crippen LogP contribution in [0.1, 0.15) is 48.3 Å². The number of carbonyl (C=O) groups is 3. The molecule has 1 aromatic carbocycles. The molecule has 0 saturated carbocycles. The summed E-state index contributed by atoms with van der Waals surface area (Å²) in [5.41, 5.74) is 4.18. The fraction of sp³-hybridized carbons (Fsp3) is 0.351. The van der Waals surface area contributed by atoms with Crippen molar-refractivity contribution in [3.63, 3.8) is 0 Å². The first kappa shape index (κ1) is 36.5. The molecular formula is C37H43BN6O6. The van der Waals surface area contributed by atoms with Gasteiger partial charge in [-0.1, -0.05) is 30.3 Å². The predicted octanol–water partition coefficient (Wildman–Crippen LogP) is 4.02. The van der Waals surface area contributed by atoms with E-state index in [9.17, 15) is 19.4 Å². The monoisotopic (exact) mass is 678 g/mol. The van der Waals surface area contributed by atoms with Crippen LogP contribution in [-0.2, 0) is 45.1 Å². The number of pyridine rings is 3. The number of rotatable bonds is 18. The summed E-state index contributed by atoms with van der Waals surface area (Å²) in [4.78, 5) is 54.9. The van der Waals surface area contributed by atoms with Crippen molar-refractivity contribution in [3.8, 4) is 0 Å². The highest BCUT2D eigenvalue weighted by Gasteiger charge is 2.36. The van der Waals surface area contributed by atoms with E-state index in [0.717, 1.165) is 22.6 Å². The second-order valence-electron chi connectivity index (χ2n) is 12.6. The summed E-state index contributed by atoms with van der Waals surface area (Å²) in [6, 6.07) is 24.7. The molecule has 0 radical (unpaired) electrons. The molecule has 0 bridgehead atoms. The molecule has 4 aromatic rings. The molecular weight excluding hydrogens is 635 g/mol. The van der Waals surface area contributed by atoms with Gasteiger partial charge in [0.1, 0.15) is 5.78 Å². The van der Waals surface area contributed by atoms with Gasteiger partial charge in [-0.15, -0.1) is 0 Å². The molecule has 1 fully saturated rings. The van der Waals surface area contributed by atoms with Gasteiger partial charge in [-0.2, -0.15) is 0 Å². The Hall–Kier alpha value is -4.82. The van der Waals surface area contributed by atoms with Gasteiger partial charge >= 0.3 is 13.1 Å². The number of hydrogen-bond donors (Lipinski definition) is 3. The second kappa shape index (κ2) is 18.8. The van der Waals surface area contributed by atoms with Crippen LogP contribution in [0, 0.1) is 0 Å². The molecule has 3 N–H and O–H groups in total. The number of anilines is 1. The van der Waals surface area contributed by atoms with Crippen LogP contribution in [-0.4, -0.2) is 85.4 Å². The third-order valence-electron chi connectivity index (χ3n) is 8.56. The zero-order chi connectivity index (χ0) is 35.1. The number of aliphatic carboxylic acids is 1. The largest absolute Gasteiger partial charge is 0.481 e. The van der Waals surface area contributed by atoms with Crippen molar-refractivity contribution >= 4 is 30.5 Å². The van der Waals surface area contributed by atoms with E-state index in [-0.39, 0.29) is 43.3 Å². The van der Waals surface area contributed by atoms with E-state index in [1.807, 2.05) is 66.7 Å². The molecule has 1 aliphatic rings. The molecule has 0 spiro atoms. The van der Waals surface area contributed by atoms with Crippen molar-refractivity contribution in [3.05, 3.63) is 120 Å². The lowest BCUT2D eigenvalue weighted by Crippen LogP contribution is -2.39. The van der Waals surface area contributed by atoms with Crippen molar-refractivity contribution in [1.29, 1.82) is 0 Å². The lowest BCUT2D eigenvalue weighted by atomic mass is 9.64. The Balaban J connectivity index is 1.15. The molecule has 1 saturated heterocycles. The van der Waals surface area contributed by atoms with E-state index in [0.29, 0.717) is 51.3 Å². The molecule has 50 heavy (non-hydrogen) atoms. The van der Waals surface area contributed by atoms with Crippen molar-refractivity contribution < 1.29 is 29.2 Å². The van der Waals surface area contributed by atoms with Gasteiger partial charge in [-0.25, -0.2) is 0 Å². The SMILES string of the molecule is O=C(O)C[C@@H]1CC[C@H](CC(=O)Cc2ccc(NC(=O)CN(CCN(Cc3ccccn3)Cc3ccccn3)Cc3ccccn3)cc2)B(O)O1. The number of carboxylic acid groups (broad SMARTS) is 1. The lowest BCUT2D eigenvalue weighted by molar-refractivity contribution is -0.139. The molecule has 3 aromatic heterocycles. The van der Waals surface area contributed by atoms with Crippen LogP contribution in [0.4, 0.5) is 5.69 Å². The van der Waals surface area contributed by atoms with Gasteiger partial charge < -0.3 is 20.1 Å². The van der Waals surface area contributed by atoms with Crippen molar-refractivity contribution in [2.75, 3.05) is 25.0 Å². The zero-order valence-corrected chi connectivity index (χ0v) is 28.0. The minimum absolute atomic E-state index is 0.0450. The van der Waals surface area contributed by atoms with Crippen LogP contribution in [0.5, 0.6) is 0 Å². The summed E-state index contributed by atoms with van der Waals surface area (Å²) in [5.74, 6) is -1.55. The fourth-order valence-corrected chi connectivity index (χ4v) is 6.04. The maximum atomic E-state index is 13.3. The van der Waals surface area contributed by atoms with Gasteiger partial charge in [-0.3, -0.25) is 39.1 Å². The third-order valence-corrected chi connectivity index (χ3v) is 8.56. The summed E-state index contributed by atoms with van der Waals surface area (Å²) in [6.07, 6.45) is 5.96. The lowest BCUT2D eigenvalue weighted by Gasteiger charge is -2.30. The molecule has 1 aliphatic heterocycles. The number of benzene rings is 1. The molecule has 0 aliphatic carbocycles. The standard InChI is InChI=1S/C37H43BN6O6/c45-34(22-29-12-15-35(23-37(47)48)50-38(29)49)21-28-10-13-30(14-11-28)42-36(46)27-44(26-33-9-3-6-18-41-33)20-19-43(24-31-7-1-4-16-39-31)25-32-8-2-5-17-40-32/h1-11,13-14,16-18,29,35,49H,12,15,19-27H2,(H,42,46)(H,47,48)/t29-,35+/m1/s1. The number of amides is 1. The van der Waals surface area contributed by atoms with Crippen LogP contribution in [0.2, 0.25) is 5.82 Å². The van der Waals surface area contributed by atoms with Gasteiger partial charge in [0.2, 0.25) is 5.91 Å². The van der Waals surface area contributed by atoms with Gasteiger partial charge in [-0.05, 0) is 66.9 Å². The average molecular weight is 679 g/mol. The summed E-state index contributed by atoms with van der Waals surface area (Å²) < 4.78 is 5.42. The van der Waals surface area contributed by atoms with E-state index in [1.165, 1.54) is 0 Å². The summed E-state index contributed by atoms with van der Waals surface area (Å²) in [6.45, 7) is 3.19. The van der Waals surface area contributed by atoms with Gasteiger partial charge in [0.15, 0.2) is 0 Å². The number of nitrogens with one attached hydrogen (secondary N) is 1. The van der Waals surface area contributed by atoms with Crippen LogP contribution in [0.3, 0.4) is 0 Å². The molecule has 1 amide bonds. The zero-order valence-electron chi connectivity index (χ0n) is 28.0. The van der Waals surface area contributed by atoms with E-state index in [4.69, 9.17) is 9.76 Å². The highest BCUT2D eigenvalue weighted by atomic mass is 16.5. The Morgan fingerprint density at radius 2 is 1.32 bits per heavy atom. The topological polar surface area (TPSA) is 158 Å². The van der Waals surface area contributed by atoms with Crippen LogP contribution in [0.25, 0.3) is 0 Å². The van der Waals surface area contributed by atoms with Crippen molar-refractivity contribution in [1.82, 2.24) is 24.8 Å². The summed E-state index contributed by atoms with van der Waals surface area (Å²) in [5, 5.41) is 22.2. The van der Waals surface area contributed by atoms with Crippen molar-refractivity contribution in [2.45, 2.75) is 63.7 Å². The van der Waals surface area contributed by atoms with E-state index < -0.39 is 19.2 Å². The normalized spacial score (nSPS) is 16.0. The summed E-state index contributed by atoms with van der Waals surface area (Å²) >= 11 is 0. The Morgan fingerprint density at radius 1 is 0.760 bits per heavy atom. The Morgan fingerprint density at radius 3 is 1.84 bits per heavy atom. The molecule has 0 unspecified atom stereocenters. The van der Waals surface area contributed by atoms with E-state index in [1.54, 1.807) is 30.7 Å². The fourth-order valence-electron chi connectivity index (χ4n) is 6.04. The first-order valence-corrected chi connectivity index (χ1v) is 16.9. The smallest absolute Gasteiger partial charge is 0.458 e. The predicted molar refractivity (Wildman–Crippen MR) is 189 cm³/mol. The number of Topliss-reactive ketones (excluding diaryl/α,β-unsaturated/α-hetero) is 1. The second-order valence-corrected chi connectivity index (χ2v) is 12.6. The van der Waals surface area contributed by atoms with Crippen LogP contribution in [0.15, 0.2) is 97.5 Å². The van der Waals surface area contributed by atoms with Gasteiger partial charge in [0.25, 0.3) is 0 Å². The van der Waals surface area contributed by atoms with Crippen LogP contribution >= 0.6 is 0 Å². The number of hydrogen-bond acceptors (Lipinski definition) is 10. The van der Waals surface area contributed by atoms with E-state index >= 15 is 0 Å². The minimum Gasteiger partial charge on any atom is -0.481 e. The minimum atomic E-state index is -1.16. The number of carboxylic acids is 1. The third kappa shape index (κ3) is 12.3. The number of ketones is 1. The molecule has 13 heteroatoms. The maximum absolute atomic E-state index is 13.3. The van der Waals surface area contributed by atoms with Crippen LogP contribution < -0.4 is 5.32 Å². The quantitative estimate of drug-likeness (QED) is 0.131. The Bertz CT molecular complexity index is 1610. The molecule has 5 rings (SSSR count). The first-order valence-electron chi connectivity index (χ1n) is 16.9. The molecule has 2 atom stereocenters. The van der Waals surface area contributed by atoms with Gasteiger partial charge in [0.05, 0.1) is 36.2 Å². The Kier molecular flexibility index (Phi) is 13.7. The number of aromatic nitrogens is 3. The molecule has 260 valence electrons. The van der Waals surface area contributed by atoms with Crippen molar-refractivity contribution in [2.24, 2.45) is 0 Å². The summed E-state index contributed by atoms with van der Waals surface area (Å²) in [7, 11) is -1.16. The highest BCUT2D eigenvalue weighted by Crippen LogP contribution is 2.31. The Labute approximate surface area is 292 Å².